The molecule has 5 heteroatoms. The second kappa shape index (κ2) is 9.08. The number of ether oxygens (including phenoxy) is 2. The first-order valence-corrected chi connectivity index (χ1v) is 10.1. The summed E-state index contributed by atoms with van der Waals surface area (Å²) in [5, 5.41) is 30.2. The minimum absolute atomic E-state index is 0.0314. The van der Waals surface area contributed by atoms with Gasteiger partial charge in [0.1, 0.15) is 30.0 Å². The lowest BCUT2D eigenvalue weighted by Crippen LogP contribution is -2.55. The molecule has 1 fully saturated rings. The number of aliphatic hydroxyl groups excluding tert-OH is 3. The average Bonchev–Trinajstić information content (AvgIpc) is 2.81. The molecule has 0 saturated carbocycles. The summed E-state index contributed by atoms with van der Waals surface area (Å²) in [5.74, 6) is 0. The molecule has 4 rings (SSSR count). The first-order chi connectivity index (χ1) is 14.6. The summed E-state index contributed by atoms with van der Waals surface area (Å²) >= 11 is 0. The number of aliphatic hydroxyl groups is 3. The van der Waals surface area contributed by atoms with Gasteiger partial charge in [0.25, 0.3) is 0 Å². The van der Waals surface area contributed by atoms with Crippen molar-refractivity contribution in [1.82, 2.24) is 0 Å². The van der Waals surface area contributed by atoms with Crippen LogP contribution in [0.25, 0.3) is 0 Å². The molecule has 30 heavy (non-hydrogen) atoms. The van der Waals surface area contributed by atoms with E-state index in [-0.39, 0.29) is 13.2 Å². The van der Waals surface area contributed by atoms with Gasteiger partial charge in [0.2, 0.25) is 0 Å². The molecule has 5 nitrogen and oxygen atoms in total. The van der Waals surface area contributed by atoms with Gasteiger partial charge in [-0.3, -0.25) is 0 Å². The largest absolute Gasteiger partial charge is 0.388 e. The summed E-state index contributed by atoms with van der Waals surface area (Å²) in [5.41, 5.74) is 1.88. The van der Waals surface area contributed by atoms with Gasteiger partial charge in [-0.1, -0.05) is 91.0 Å². The molecule has 0 amide bonds. The second-order valence-electron chi connectivity index (χ2n) is 7.51. The van der Waals surface area contributed by atoms with Crippen LogP contribution in [0, 0.1) is 0 Å². The van der Waals surface area contributed by atoms with Crippen molar-refractivity contribution in [2.24, 2.45) is 0 Å². The zero-order valence-electron chi connectivity index (χ0n) is 16.5. The van der Waals surface area contributed by atoms with Crippen LogP contribution in [0.4, 0.5) is 0 Å². The van der Waals surface area contributed by atoms with E-state index in [0.29, 0.717) is 0 Å². The predicted molar refractivity (Wildman–Crippen MR) is 113 cm³/mol. The van der Waals surface area contributed by atoms with Gasteiger partial charge >= 0.3 is 0 Å². The highest BCUT2D eigenvalue weighted by atomic mass is 16.6. The van der Waals surface area contributed by atoms with Gasteiger partial charge in [0, 0.05) is 0 Å². The highest BCUT2D eigenvalue weighted by Gasteiger charge is 2.42. The SMILES string of the molecule is O[C@H]1[C@H](O)[C@@H](COC(c2ccccc2)(c2ccccc2)c2ccccc2)OC[C@H]1O. The van der Waals surface area contributed by atoms with Crippen LogP contribution in [0.5, 0.6) is 0 Å². The molecule has 3 aromatic rings. The number of rotatable bonds is 6. The fraction of sp³-hybridized carbons (Fsp3) is 0.280. The van der Waals surface area contributed by atoms with Gasteiger partial charge < -0.3 is 24.8 Å². The van der Waals surface area contributed by atoms with Gasteiger partial charge in [-0.25, -0.2) is 0 Å². The Morgan fingerprint density at radius 2 is 1.13 bits per heavy atom. The summed E-state index contributed by atoms with van der Waals surface area (Å²) in [4.78, 5) is 0. The van der Waals surface area contributed by atoms with Crippen molar-refractivity contribution >= 4 is 0 Å². The van der Waals surface area contributed by atoms with E-state index in [9.17, 15) is 15.3 Å². The maximum Gasteiger partial charge on any atom is 0.143 e. The van der Waals surface area contributed by atoms with Crippen LogP contribution >= 0.6 is 0 Å². The van der Waals surface area contributed by atoms with Crippen LogP contribution in [0.15, 0.2) is 91.0 Å². The molecule has 4 atom stereocenters. The van der Waals surface area contributed by atoms with Gasteiger partial charge in [-0.15, -0.1) is 0 Å². The number of hydrogen-bond acceptors (Lipinski definition) is 5. The van der Waals surface area contributed by atoms with Crippen LogP contribution in [-0.2, 0) is 15.1 Å². The Morgan fingerprint density at radius 3 is 1.57 bits per heavy atom. The summed E-state index contributed by atoms with van der Waals surface area (Å²) in [6, 6.07) is 29.7. The minimum atomic E-state index is -1.27. The molecule has 1 heterocycles. The van der Waals surface area contributed by atoms with E-state index < -0.39 is 30.0 Å². The first kappa shape index (κ1) is 20.7. The molecular weight excluding hydrogens is 380 g/mol. The molecule has 0 bridgehead atoms. The van der Waals surface area contributed by atoms with E-state index in [1.165, 1.54) is 0 Å². The van der Waals surface area contributed by atoms with Crippen LogP contribution < -0.4 is 0 Å². The number of hydrogen-bond donors (Lipinski definition) is 3. The van der Waals surface area contributed by atoms with Gasteiger partial charge in [-0.05, 0) is 16.7 Å². The normalized spacial score (nSPS) is 24.5. The summed E-state index contributed by atoms with van der Waals surface area (Å²) in [6.07, 6.45) is -4.39. The Labute approximate surface area is 176 Å². The standard InChI is InChI=1S/C25H26O5/c26-21-16-29-22(24(28)23(21)27)17-30-25(18-10-4-1-5-11-18,19-12-6-2-7-13-19)20-14-8-3-9-15-20/h1-15,21-24,26-28H,16-17H2/t21-,22-,23-,24-/m1/s1. The third kappa shape index (κ3) is 3.90. The average molecular weight is 406 g/mol. The Balaban J connectivity index is 1.77. The lowest BCUT2D eigenvalue weighted by atomic mass is 9.80. The Kier molecular flexibility index (Phi) is 6.27. The zero-order valence-corrected chi connectivity index (χ0v) is 16.5. The van der Waals surface area contributed by atoms with Crippen molar-refractivity contribution in [2.75, 3.05) is 13.2 Å². The van der Waals surface area contributed by atoms with Gasteiger partial charge in [-0.2, -0.15) is 0 Å². The molecule has 3 N–H and O–H groups in total. The van der Waals surface area contributed by atoms with Crippen molar-refractivity contribution in [3.63, 3.8) is 0 Å². The number of benzene rings is 3. The van der Waals surface area contributed by atoms with E-state index in [4.69, 9.17) is 9.47 Å². The van der Waals surface area contributed by atoms with E-state index in [0.717, 1.165) is 16.7 Å². The van der Waals surface area contributed by atoms with Crippen molar-refractivity contribution in [2.45, 2.75) is 30.0 Å². The summed E-state index contributed by atoms with van der Waals surface area (Å²) in [7, 11) is 0. The Bertz CT molecular complexity index is 819. The Morgan fingerprint density at radius 1 is 0.700 bits per heavy atom. The summed E-state index contributed by atoms with van der Waals surface area (Å²) < 4.78 is 12.2. The topological polar surface area (TPSA) is 79.2 Å². The van der Waals surface area contributed by atoms with Crippen molar-refractivity contribution in [3.8, 4) is 0 Å². The molecule has 0 aliphatic carbocycles. The van der Waals surface area contributed by atoms with Gasteiger partial charge in [0.15, 0.2) is 0 Å². The van der Waals surface area contributed by atoms with E-state index >= 15 is 0 Å². The summed E-state index contributed by atoms with van der Waals surface area (Å²) in [6.45, 7) is -0.0229. The fourth-order valence-electron chi connectivity index (χ4n) is 3.99. The van der Waals surface area contributed by atoms with Crippen molar-refractivity contribution in [3.05, 3.63) is 108 Å². The molecule has 3 aromatic carbocycles. The Hall–Kier alpha value is -2.54. The zero-order chi connectivity index (χ0) is 21.0. The molecule has 0 spiro atoms. The monoisotopic (exact) mass is 406 g/mol. The van der Waals surface area contributed by atoms with Crippen LogP contribution in [-0.4, -0.2) is 52.9 Å². The van der Waals surface area contributed by atoms with Crippen LogP contribution in [0.3, 0.4) is 0 Å². The predicted octanol–water partition coefficient (Wildman–Crippen LogP) is 2.48. The quantitative estimate of drug-likeness (QED) is 0.548. The van der Waals surface area contributed by atoms with E-state index in [1.54, 1.807) is 0 Å². The van der Waals surface area contributed by atoms with E-state index in [1.807, 2.05) is 91.0 Å². The molecule has 1 aliphatic rings. The maximum absolute atomic E-state index is 10.4. The molecule has 1 saturated heterocycles. The first-order valence-electron chi connectivity index (χ1n) is 10.1. The molecular formula is C25H26O5. The molecule has 156 valence electrons. The second-order valence-corrected chi connectivity index (χ2v) is 7.51. The van der Waals surface area contributed by atoms with Crippen molar-refractivity contribution in [1.29, 1.82) is 0 Å². The lowest BCUT2D eigenvalue weighted by molar-refractivity contribution is -0.206. The maximum atomic E-state index is 10.4. The smallest absolute Gasteiger partial charge is 0.143 e. The van der Waals surface area contributed by atoms with E-state index in [2.05, 4.69) is 0 Å². The molecule has 0 unspecified atom stereocenters. The highest BCUT2D eigenvalue weighted by Crippen LogP contribution is 2.40. The minimum Gasteiger partial charge on any atom is -0.388 e. The van der Waals surface area contributed by atoms with Crippen molar-refractivity contribution < 1.29 is 24.8 Å². The highest BCUT2D eigenvalue weighted by molar-refractivity contribution is 5.47. The fourth-order valence-corrected chi connectivity index (χ4v) is 3.99. The molecule has 0 aromatic heterocycles. The van der Waals surface area contributed by atoms with Crippen LogP contribution in [0.2, 0.25) is 0 Å². The molecule has 0 radical (unpaired) electrons. The molecule has 1 aliphatic heterocycles. The van der Waals surface area contributed by atoms with Crippen LogP contribution in [0.1, 0.15) is 16.7 Å². The third-order valence-corrected chi connectivity index (χ3v) is 5.61. The lowest BCUT2D eigenvalue weighted by Gasteiger charge is -2.40. The van der Waals surface area contributed by atoms with Gasteiger partial charge in [0.05, 0.1) is 13.2 Å². The third-order valence-electron chi connectivity index (χ3n) is 5.61.